The van der Waals surface area contributed by atoms with Gasteiger partial charge in [-0.3, -0.25) is 15.6 Å². The minimum atomic E-state index is -0.320. The molecule has 0 aliphatic carbocycles. The lowest BCUT2D eigenvalue weighted by Gasteiger charge is -2.13. The summed E-state index contributed by atoms with van der Waals surface area (Å²) in [6.45, 7) is 3.57. The average molecular weight is 360 g/mol. The monoisotopic (exact) mass is 359 g/mol. The number of rotatable bonds is 7. The molecule has 0 aliphatic heterocycles. The molecule has 1 aromatic carbocycles. The van der Waals surface area contributed by atoms with Crippen LogP contribution in [-0.4, -0.2) is 44.8 Å². The van der Waals surface area contributed by atoms with Gasteiger partial charge in [0.1, 0.15) is 5.75 Å². The SMILES string of the molecule is Cc1cc(OCC(=O)NNC(=S)NCCC[NH+](C)C)ccc1Cl. The number of thiocarbonyl (C=S) groups is 1. The van der Waals surface area contributed by atoms with E-state index in [9.17, 15) is 4.79 Å². The molecule has 0 heterocycles. The second-order valence-electron chi connectivity index (χ2n) is 5.44. The van der Waals surface area contributed by atoms with E-state index in [4.69, 9.17) is 28.6 Å². The van der Waals surface area contributed by atoms with E-state index in [1.165, 1.54) is 4.90 Å². The zero-order valence-corrected chi connectivity index (χ0v) is 15.2. The maximum Gasteiger partial charge on any atom is 0.276 e. The molecule has 128 valence electrons. The zero-order chi connectivity index (χ0) is 17.2. The van der Waals surface area contributed by atoms with Gasteiger partial charge in [-0.2, -0.15) is 0 Å². The van der Waals surface area contributed by atoms with Crippen LogP contribution < -0.4 is 25.8 Å². The first kappa shape index (κ1) is 19.5. The first-order valence-electron chi connectivity index (χ1n) is 7.39. The molecule has 6 nitrogen and oxygen atoms in total. The number of benzene rings is 1. The minimum absolute atomic E-state index is 0.110. The van der Waals surface area contributed by atoms with Crippen LogP contribution in [0.15, 0.2) is 18.2 Å². The molecule has 0 unspecified atom stereocenters. The highest BCUT2D eigenvalue weighted by atomic mass is 35.5. The van der Waals surface area contributed by atoms with Crippen molar-refractivity contribution in [3.63, 3.8) is 0 Å². The molecule has 1 amide bonds. The lowest BCUT2D eigenvalue weighted by atomic mass is 10.2. The zero-order valence-electron chi connectivity index (χ0n) is 13.7. The van der Waals surface area contributed by atoms with E-state index < -0.39 is 0 Å². The average Bonchev–Trinajstić information content (AvgIpc) is 2.50. The number of nitrogens with one attached hydrogen (secondary N) is 4. The summed E-state index contributed by atoms with van der Waals surface area (Å²) < 4.78 is 5.38. The smallest absolute Gasteiger partial charge is 0.276 e. The van der Waals surface area contributed by atoms with E-state index in [0.29, 0.717) is 15.9 Å². The van der Waals surface area contributed by atoms with Gasteiger partial charge in [-0.25, -0.2) is 0 Å². The van der Waals surface area contributed by atoms with Crippen molar-refractivity contribution in [1.82, 2.24) is 16.2 Å². The topological polar surface area (TPSA) is 66.8 Å². The Kier molecular flexibility index (Phi) is 8.68. The van der Waals surface area contributed by atoms with Gasteiger partial charge in [0.05, 0.1) is 20.6 Å². The van der Waals surface area contributed by atoms with Crippen LogP contribution in [0.1, 0.15) is 12.0 Å². The van der Waals surface area contributed by atoms with Crippen molar-refractivity contribution >= 4 is 34.8 Å². The van der Waals surface area contributed by atoms with Crippen molar-refractivity contribution in [2.75, 3.05) is 33.8 Å². The number of ether oxygens (including phenoxy) is 1. The lowest BCUT2D eigenvalue weighted by molar-refractivity contribution is -0.858. The maximum atomic E-state index is 11.7. The number of halogens is 1. The van der Waals surface area contributed by atoms with Gasteiger partial charge in [-0.1, -0.05) is 11.6 Å². The first-order valence-corrected chi connectivity index (χ1v) is 8.17. The molecule has 23 heavy (non-hydrogen) atoms. The van der Waals surface area contributed by atoms with Crippen molar-refractivity contribution in [3.8, 4) is 5.75 Å². The normalized spacial score (nSPS) is 10.3. The molecule has 1 rings (SSSR count). The van der Waals surface area contributed by atoms with E-state index >= 15 is 0 Å². The number of aryl methyl sites for hydroxylation is 1. The van der Waals surface area contributed by atoms with Crippen LogP contribution in [0, 0.1) is 6.92 Å². The van der Waals surface area contributed by atoms with Crippen LogP contribution in [-0.2, 0) is 4.79 Å². The molecule has 0 spiro atoms. The predicted octanol–water partition coefficient (Wildman–Crippen LogP) is 0.0571. The van der Waals surface area contributed by atoms with E-state index in [0.717, 1.165) is 25.1 Å². The van der Waals surface area contributed by atoms with Crippen LogP contribution >= 0.6 is 23.8 Å². The number of carbonyl (C=O) groups excluding carboxylic acids is 1. The fourth-order valence-corrected chi connectivity index (χ4v) is 1.98. The third-order valence-electron chi connectivity index (χ3n) is 2.95. The molecule has 0 atom stereocenters. The molecule has 0 saturated carbocycles. The highest BCUT2D eigenvalue weighted by Crippen LogP contribution is 2.20. The largest absolute Gasteiger partial charge is 0.484 e. The van der Waals surface area contributed by atoms with Crippen LogP contribution in [0.25, 0.3) is 0 Å². The molecule has 0 bridgehead atoms. The van der Waals surface area contributed by atoms with Crippen molar-refractivity contribution in [2.24, 2.45) is 0 Å². The number of quaternary nitrogens is 1. The van der Waals surface area contributed by atoms with Crippen molar-refractivity contribution in [1.29, 1.82) is 0 Å². The summed E-state index contributed by atoms with van der Waals surface area (Å²) >= 11 is 11.0. The fourth-order valence-electron chi connectivity index (χ4n) is 1.71. The van der Waals surface area contributed by atoms with E-state index in [2.05, 4.69) is 30.3 Å². The molecule has 0 saturated heterocycles. The number of hydrogen-bond acceptors (Lipinski definition) is 3. The van der Waals surface area contributed by atoms with Gasteiger partial charge in [0.25, 0.3) is 5.91 Å². The van der Waals surface area contributed by atoms with Gasteiger partial charge in [0.2, 0.25) is 0 Å². The second-order valence-corrected chi connectivity index (χ2v) is 6.25. The molecule has 0 aliphatic rings. The van der Waals surface area contributed by atoms with Gasteiger partial charge >= 0.3 is 0 Å². The Morgan fingerprint density at radius 3 is 2.74 bits per heavy atom. The summed E-state index contributed by atoms with van der Waals surface area (Å²) in [6, 6.07) is 5.23. The Balaban J connectivity index is 2.18. The van der Waals surface area contributed by atoms with Crippen molar-refractivity contribution in [2.45, 2.75) is 13.3 Å². The van der Waals surface area contributed by atoms with E-state index in [1.54, 1.807) is 18.2 Å². The molecule has 0 aromatic heterocycles. The molecule has 1 aromatic rings. The van der Waals surface area contributed by atoms with Gasteiger partial charge in [-0.15, -0.1) is 0 Å². The minimum Gasteiger partial charge on any atom is -0.484 e. The van der Waals surface area contributed by atoms with E-state index in [-0.39, 0.29) is 12.5 Å². The fraction of sp³-hybridized carbons (Fsp3) is 0.467. The van der Waals surface area contributed by atoms with E-state index in [1.807, 2.05) is 6.92 Å². The Morgan fingerprint density at radius 1 is 1.35 bits per heavy atom. The van der Waals surface area contributed by atoms with Crippen molar-refractivity contribution in [3.05, 3.63) is 28.8 Å². The van der Waals surface area contributed by atoms with Crippen LogP contribution in [0.5, 0.6) is 5.75 Å². The summed E-state index contributed by atoms with van der Waals surface area (Å²) in [5.41, 5.74) is 6.02. The summed E-state index contributed by atoms with van der Waals surface area (Å²) in [5, 5.41) is 4.06. The molecule has 0 fully saturated rings. The highest BCUT2D eigenvalue weighted by Gasteiger charge is 2.05. The van der Waals surface area contributed by atoms with Crippen molar-refractivity contribution < 1.29 is 14.4 Å². The summed E-state index contributed by atoms with van der Waals surface area (Å²) in [6.07, 6.45) is 0.997. The summed E-state index contributed by atoms with van der Waals surface area (Å²) in [5.74, 6) is 0.272. The highest BCUT2D eigenvalue weighted by molar-refractivity contribution is 7.80. The molecule has 8 heteroatoms. The summed E-state index contributed by atoms with van der Waals surface area (Å²) in [4.78, 5) is 13.1. The van der Waals surface area contributed by atoms with Gasteiger partial charge in [0, 0.05) is 18.0 Å². The van der Waals surface area contributed by atoms with Gasteiger partial charge in [0.15, 0.2) is 11.7 Å². The standard InChI is InChI=1S/C15H23ClN4O2S/c1-11-9-12(5-6-13(11)16)22-10-14(21)18-19-15(23)17-7-4-8-20(2)3/h5-6,9H,4,7-8,10H2,1-3H3,(H,18,21)(H2,17,19,23)/p+1. The van der Waals surface area contributed by atoms with Crippen LogP contribution in [0.4, 0.5) is 0 Å². The molecule has 0 radical (unpaired) electrons. The third-order valence-corrected chi connectivity index (χ3v) is 3.62. The Hall–Kier alpha value is -1.57. The predicted molar refractivity (Wildman–Crippen MR) is 95.9 cm³/mol. The number of hydrazine groups is 1. The number of amides is 1. The first-order chi connectivity index (χ1) is 10.9. The Labute approximate surface area is 147 Å². The lowest BCUT2D eigenvalue weighted by Crippen LogP contribution is -3.05. The second kappa shape index (κ2) is 10.3. The Morgan fingerprint density at radius 2 is 2.09 bits per heavy atom. The third kappa shape index (κ3) is 8.59. The Bertz CT molecular complexity index is 540. The van der Waals surface area contributed by atoms with Crippen LogP contribution in [0.2, 0.25) is 5.02 Å². The number of hydrogen-bond donors (Lipinski definition) is 4. The maximum absolute atomic E-state index is 11.7. The van der Waals surface area contributed by atoms with Gasteiger partial charge in [-0.05, 0) is 42.9 Å². The molecular formula is C15H24ClN4O2S+. The van der Waals surface area contributed by atoms with Gasteiger partial charge < -0.3 is 15.0 Å². The molecular weight excluding hydrogens is 336 g/mol. The van der Waals surface area contributed by atoms with Crippen LogP contribution in [0.3, 0.4) is 0 Å². The number of carbonyl (C=O) groups is 1. The molecule has 4 N–H and O–H groups in total. The quantitative estimate of drug-likeness (QED) is 0.315. The summed E-state index contributed by atoms with van der Waals surface area (Å²) in [7, 11) is 4.19.